The maximum absolute atomic E-state index is 12.7. The number of hydrogen-bond acceptors (Lipinski definition) is 5. The first kappa shape index (κ1) is 16.3. The summed E-state index contributed by atoms with van der Waals surface area (Å²) in [6.07, 6.45) is -3.72. The van der Waals surface area contributed by atoms with E-state index < -0.39 is 12.0 Å². The van der Waals surface area contributed by atoms with E-state index in [-0.39, 0.29) is 16.8 Å². The first-order valence-electron chi connectivity index (χ1n) is 6.78. The van der Waals surface area contributed by atoms with Gasteiger partial charge in [0.15, 0.2) is 5.16 Å². The largest absolute Gasteiger partial charge is 0.451 e. The van der Waals surface area contributed by atoms with E-state index in [1.165, 1.54) is 11.9 Å². The summed E-state index contributed by atoms with van der Waals surface area (Å²) in [5.41, 5.74) is 1.15. The number of fused-ring (bicyclic) bond motifs is 1. The molecule has 0 saturated heterocycles. The summed E-state index contributed by atoms with van der Waals surface area (Å²) < 4.78 is 38.8. The summed E-state index contributed by atoms with van der Waals surface area (Å²) in [5, 5.41) is 8.75. The summed E-state index contributed by atoms with van der Waals surface area (Å²) in [7, 11) is 1.24. The van der Waals surface area contributed by atoms with Crippen molar-refractivity contribution in [2.75, 3.05) is 12.3 Å². The minimum Gasteiger partial charge on any atom is -0.337 e. The Hall–Kier alpha value is -1.55. The van der Waals surface area contributed by atoms with E-state index in [1.807, 2.05) is 11.4 Å². The molecule has 10 heteroatoms. The minimum absolute atomic E-state index is 0.0449. The predicted octanol–water partition coefficient (Wildman–Crippen LogP) is 2.57. The van der Waals surface area contributed by atoms with Gasteiger partial charge in [-0.05, 0) is 23.4 Å². The maximum Gasteiger partial charge on any atom is 0.451 e. The van der Waals surface area contributed by atoms with Crippen molar-refractivity contribution in [1.29, 1.82) is 0 Å². The van der Waals surface area contributed by atoms with Gasteiger partial charge in [-0.2, -0.15) is 13.2 Å². The molecule has 2 aromatic heterocycles. The molecule has 1 aliphatic rings. The van der Waals surface area contributed by atoms with Gasteiger partial charge in [0.05, 0.1) is 5.75 Å². The number of alkyl halides is 3. The number of thiophene rings is 1. The van der Waals surface area contributed by atoms with Crippen molar-refractivity contribution >= 4 is 29.0 Å². The molecule has 124 valence electrons. The second kappa shape index (κ2) is 6.16. The van der Waals surface area contributed by atoms with Crippen LogP contribution >= 0.6 is 23.1 Å². The van der Waals surface area contributed by atoms with Gasteiger partial charge in [-0.1, -0.05) is 11.8 Å². The first-order chi connectivity index (χ1) is 10.9. The zero-order chi connectivity index (χ0) is 16.6. The lowest BCUT2D eigenvalue weighted by molar-refractivity contribution is -0.147. The monoisotopic (exact) mass is 362 g/mol. The molecule has 1 amide bonds. The second-order valence-electron chi connectivity index (χ2n) is 5.09. The molecule has 0 spiro atoms. The number of thioether (sulfide) groups is 1. The highest BCUT2D eigenvalue weighted by molar-refractivity contribution is 7.99. The molecule has 1 aliphatic heterocycles. The molecule has 5 nitrogen and oxygen atoms in total. The molecule has 3 rings (SSSR count). The molecule has 0 aliphatic carbocycles. The number of hydrogen-bond donors (Lipinski definition) is 0. The van der Waals surface area contributed by atoms with Gasteiger partial charge in [0.25, 0.3) is 0 Å². The summed E-state index contributed by atoms with van der Waals surface area (Å²) in [6.45, 7) is 1.20. The standard InChI is InChI=1S/C13H13F3N4OS2/c1-19-11(13(14,15)16)17-18-12(19)23-7-10(21)20-4-2-9-8(6-20)3-5-22-9/h3,5H,2,4,6-7H2,1H3. The van der Waals surface area contributed by atoms with Crippen LogP contribution in [0.25, 0.3) is 0 Å². The van der Waals surface area contributed by atoms with Crippen LogP contribution < -0.4 is 0 Å². The Balaban J connectivity index is 1.61. The SMILES string of the molecule is Cn1c(SCC(=O)N2CCc3sccc3C2)nnc1C(F)(F)F. The Bertz CT molecular complexity index is 725. The van der Waals surface area contributed by atoms with E-state index in [2.05, 4.69) is 10.2 Å². The topological polar surface area (TPSA) is 51.0 Å². The molecular formula is C13H13F3N4OS2. The van der Waals surface area contributed by atoms with Crippen LogP contribution in [0.15, 0.2) is 16.6 Å². The molecule has 0 N–H and O–H groups in total. The number of rotatable bonds is 3. The second-order valence-corrected chi connectivity index (χ2v) is 7.03. The smallest absolute Gasteiger partial charge is 0.337 e. The first-order valence-corrected chi connectivity index (χ1v) is 8.65. The van der Waals surface area contributed by atoms with Crippen LogP contribution in [0.4, 0.5) is 13.2 Å². The van der Waals surface area contributed by atoms with Crippen molar-refractivity contribution in [1.82, 2.24) is 19.7 Å². The van der Waals surface area contributed by atoms with Crippen LogP contribution in [0.5, 0.6) is 0 Å². The number of carbonyl (C=O) groups is 1. The highest BCUT2D eigenvalue weighted by Crippen LogP contribution is 2.30. The van der Waals surface area contributed by atoms with Gasteiger partial charge < -0.3 is 9.47 Å². The zero-order valence-electron chi connectivity index (χ0n) is 12.1. The van der Waals surface area contributed by atoms with Crippen LogP contribution in [0.2, 0.25) is 0 Å². The lowest BCUT2D eigenvalue weighted by Crippen LogP contribution is -2.36. The average Bonchev–Trinajstić information content (AvgIpc) is 3.09. The van der Waals surface area contributed by atoms with Crippen LogP contribution in [-0.4, -0.2) is 37.9 Å². The van der Waals surface area contributed by atoms with Crippen molar-refractivity contribution in [3.63, 3.8) is 0 Å². The van der Waals surface area contributed by atoms with Crippen LogP contribution in [0, 0.1) is 0 Å². The van der Waals surface area contributed by atoms with Crippen molar-refractivity contribution in [3.8, 4) is 0 Å². The zero-order valence-corrected chi connectivity index (χ0v) is 13.8. The predicted molar refractivity (Wildman–Crippen MR) is 80.2 cm³/mol. The quantitative estimate of drug-likeness (QED) is 0.788. The average molecular weight is 362 g/mol. The molecule has 3 heterocycles. The number of aromatic nitrogens is 3. The minimum atomic E-state index is -4.55. The van der Waals surface area contributed by atoms with Crippen molar-refractivity contribution in [2.24, 2.45) is 7.05 Å². The van der Waals surface area contributed by atoms with Gasteiger partial charge in [0.1, 0.15) is 0 Å². The van der Waals surface area contributed by atoms with E-state index in [1.54, 1.807) is 16.2 Å². The lowest BCUT2D eigenvalue weighted by Gasteiger charge is -2.26. The van der Waals surface area contributed by atoms with Crippen molar-refractivity contribution < 1.29 is 18.0 Å². The Morgan fingerprint density at radius 2 is 2.22 bits per heavy atom. The highest BCUT2D eigenvalue weighted by atomic mass is 32.2. The molecule has 0 saturated carbocycles. The van der Waals surface area contributed by atoms with E-state index in [0.29, 0.717) is 13.1 Å². The number of amides is 1. The van der Waals surface area contributed by atoms with Crippen molar-refractivity contribution in [2.45, 2.75) is 24.3 Å². The van der Waals surface area contributed by atoms with E-state index in [9.17, 15) is 18.0 Å². The van der Waals surface area contributed by atoms with Crippen LogP contribution in [0.3, 0.4) is 0 Å². The highest BCUT2D eigenvalue weighted by Gasteiger charge is 2.37. The van der Waals surface area contributed by atoms with E-state index in [0.717, 1.165) is 28.3 Å². The molecule has 0 atom stereocenters. The van der Waals surface area contributed by atoms with Crippen LogP contribution in [-0.2, 0) is 31.0 Å². The lowest BCUT2D eigenvalue weighted by atomic mass is 10.1. The molecule has 0 fully saturated rings. The Labute approximate surface area is 138 Å². The molecule has 0 aromatic carbocycles. The van der Waals surface area contributed by atoms with Gasteiger partial charge >= 0.3 is 6.18 Å². The molecule has 23 heavy (non-hydrogen) atoms. The van der Waals surface area contributed by atoms with Gasteiger partial charge in [-0.25, -0.2) is 0 Å². The summed E-state index contributed by atoms with van der Waals surface area (Å²) in [4.78, 5) is 15.3. The molecule has 0 bridgehead atoms. The summed E-state index contributed by atoms with van der Waals surface area (Å²) in [5.74, 6) is -1.12. The molecule has 0 unspecified atom stereocenters. The van der Waals surface area contributed by atoms with Gasteiger partial charge in [-0.3, -0.25) is 4.79 Å². The maximum atomic E-state index is 12.7. The third-order valence-electron chi connectivity index (χ3n) is 3.57. The Kier molecular flexibility index (Phi) is 4.37. The number of carbonyl (C=O) groups excluding carboxylic acids is 1. The number of halogens is 3. The molecular weight excluding hydrogens is 349 g/mol. The third kappa shape index (κ3) is 3.37. The fourth-order valence-corrected chi connectivity index (χ4v) is 4.07. The summed E-state index contributed by atoms with van der Waals surface area (Å²) in [6, 6.07) is 2.00. The Morgan fingerprint density at radius 3 is 2.91 bits per heavy atom. The van der Waals surface area contributed by atoms with E-state index in [4.69, 9.17) is 0 Å². The fourth-order valence-electron chi connectivity index (χ4n) is 2.37. The van der Waals surface area contributed by atoms with E-state index >= 15 is 0 Å². The third-order valence-corrected chi connectivity index (χ3v) is 5.60. The Morgan fingerprint density at radius 1 is 1.43 bits per heavy atom. The normalized spacial score (nSPS) is 14.9. The summed E-state index contributed by atoms with van der Waals surface area (Å²) >= 11 is 2.65. The van der Waals surface area contributed by atoms with Gasteiger partial charge in [-0.15, -0.1) is 21.5 Å². The van der Waals surface area contributed by atoms with Gasteiger partial charge in [0, 0.05) is 25.0 Å². The van der Waals surface area contributed by atoms with Crippen LogP contribution in [0.1, 0.15) is 16.3 Å². The fraction of sp³-hybridized carbons (Fsp3) is 0.462. The van der Waals surface area contributed by atoms with Gasteiger partial charge in [0.2, 0.25) is 11.7 Å². The number of nitrogens with zero attached hydrogens (tertiary/aromatic N) is 4. The molecule has 2 aromatic rings. The van der Waals surface area contributed by atoms with Crippen molar-refractivity contribution in [3.05, 3.63) is 27.7 Å². The molecule has 0 radical (unpaired) electrons.